The molecule has 10 heteroatoms. The van der Waals surface area contributed by atoms with Gasteiger partial charge in [-0.3, -0.25) is 9.52 Å². The van der Waals surface area contributed by atoms with Gasteiger partial charge in [0.2, 0.25) is 5.91 Å². The maximum Gasteiger partial charge on any atom is 0.263 e. The summed E-state index contributed by atoms with van der Waals surface area (Å²) < 4.78 is 37.7. The molecule has 8 nitrogen and oxygen atoms in total. The highest BCUT2D eigenvalue weighted by Crippen LogP contribution is 2.24. The average Bonchev–Trinajstić information content (AvgIpc) is 3.19. The molecule has 2 aromatic carbocycles. The van der Waals surface area contributed by atoms with Crippen molar-refractivity contribution >= 4 is 38.1 Å². The van der Waals surface area contributed by atoms with E-state index in [9.17, 15) is 13.2 Å². The van der Waals surface area contributed by atoms with E-state index < -0.39 is 10.0 Å². The lowest BCUT2D eigenvalue weighted by Gasteiger charge is -2.09. The lowest BCUT2D eigenvalue weighted by molar-refractivity contribution is -0.116. The molecule has 0 saturated carbocycles. The first kappa shape index (κ1) is 21.6. The first-order valence-corrected chi connectivity index (χ1v) is 11.3. The molecule has 0 unspecified atom stereocenters. The minimum absolute atomic E-state index is 0.108. The third kappa shape index (κ3) is 5.49. The molecule has 0 radical (unpaired) electrons. The molecule has 0 saturated heterocycles. The fraction of sp³-hybridized carbons (Fsp3) is 0.200. The number of sulfonamides is 1. The molecule has 0 aliphatic heterocycles. The normalized spacial score (nSPS) is 11.0. The van der Waals surface area contributed by atoms with Gasteiger partial charge < -0.3 is 14.8 Å². The lowest BCUT2D eigenvalue weighted by Crippen LogP contribution is -2.14. The Balaban J connectivity index is 1.57. The Labute approximate surface area is 178 Å². The van der Waals surface area contributed by atoms with Crippen LogP contribution in [0.4, 0.5) is 10.8 Å². The smallest absolute Gasteiger partial charge is 0.263 e. The van der Waals surface area contributed by atoms with Crippen LogP contribution in [0.2, 0.25) is 0 Å². The van der Waals surface area contributed by atoms with Crippen LogP contribution >= 0.6 is 11.3 Å². The van der Waals surface area contributed by atoms with Gasteiger partial charge in [0.25, 0.3) is 10.0 Å². The number of amides is 1. The number of para-hydroxylation sites is 2. The summed E-state index contributed by atoms with van der Waals surface area (Å²) in [4.78, 5) is 16.6. The minimum atomic E-state index is -3.76. The summed E-state index contributed by atoms with van der Waals surface area (Å²) in [5, 5.41) is 4.76. The quantitative estimate of drug-likeness (QED) is 0.520. The van der Waals surface area contributed by atoms with E-state index in [2.05, 4.69) is 15.0 Å². The third-order valence-electron chi connectivity index (χ3n) is 4.13. The predicted molar refractivity (Wildman–Crippen MR) is 116 cm³/mol. The van der Waals surface area contributed by atoms with Crippen LogP contribution in [-0.2, 0) is 21.2 Å². The number of thiazole rings is 1. The number of aryl methyl sites for hydroxylation is 1. The first-order chi connectivity index (χ1) is 14.4. The molecular formula is C20H21N3O5S2. The lowest BCUT2D eigenvalue weighted by atomic mass is 10.2. The number of rotatable bonds is 9. The number of carbonyl (C=O) groups is 1. The number of nitrogens with one attached hydrogen (secondary N) is 2. The number of hydrogen-bond donors (Lipinski definition) is 2. The Bertz CT molecular complexity index is 1110. The molecule has 0 bridgehead atoms. The van der Waals surface area contributed by atoms with Crippen LogP contribution in [0.15, 0.2) is 58.8 Å². The van der Waals surface area contributed by atoms with Gasteiger partial charge in [-0.1, -0.05) is 12.1 Å². The van der Waals surface area contributed by atoms with E-state index in [1.54, 1.807) is 35.7 Å². The van der Waals surface area contributed by atoms with Gasteiger partial charge in [0.15, 0.2) is 5.13 Å². The molecule has 1 amide bonds. The molecule has 0 fully saturated rings. The molecule has 1 heterocycles. The largest absolute Gasteiger partial charge is 0.497 e. The van der Waals surface area contributed by atoms with Gasteiger partial charge in [-0.25, -0.2) is 13.4 Å². The Morgan fingerprint density at radius 3 is 2.50 bits per heavy atom. The SMILES string of the molecule is COc1ccc(S(=O)(=O)Nc2nc(CCC(=O)Nc3ccccc3OC)cs2)cc1. The van der Waals surface area contributed by atoms with Gasteiger partial charge in [0.1, 0.15) is 11.5 Å². The molecule has 2 N–H and O–H groups in total. The second kappa shape index (κ2) is 9.59. The molecule has 0 spiro atoms. The number of ether oxygens (including phenoxy) is 2. The molecule has 3 aromatic rings. The maximum absolute atomic E-state index is 12.5. The van der Waals surface area contributed by atoms with Gasteiger partial charge >= 0.3 is 0 Å². The van der Waals surface area contributed by atoms with E-state index in [1.165, 1.54) is 26.4 Å². The number of anilines is 2. The average molecular weight is 448 g/mol. The Morgan fingerprint density at radius 2 is 1.80 bits per heavy atom. The van der Waals surface area contributed by atoms with Crippen LogP contribution in [0.5, 0.6) is 11.5 Å². The minimum Gasteiger partial charge on any atom is -0.497 e. The van der Waals surface area contributed by atoms with Gasteiger partial charge in [-0.2, -0.15) is 0 Å². The van der Waals surface area contributed by atoms with Crippen LogP contribution < -0.4 is 19.5 Å². The topological polar surface area (TPSA) is 107 Å². The van der Waals surface area contributed by atoms with Gasteiger partial charge in [-0.15, -0.1) is 11.3 Å². The maximum atomic E-state index is 12.5. The zero-order valence-electron chi connectivity index (χ0n) is 16.4. The van der Waals surface area contributed by atoms with Crippen molar-refractivity contribution in [2.45, 2.75) is 17.7 Å². The van der Waals surface area contributed by atoms with Crippen LogP contribution in [0, 0.1) is 0 Å². The van der Waals surface area contributed by atoms with Gasteiger partial charge in [-0.05, 0) is 42.8 Å². The predicted octanol–water partition coefficient (Wildman–Crippen LogP) is 3.53. The highest BCUT2D eigenvalue weighted by molar-refractivity contribution is 7.93. The molecular weight excluding hydrogens is 426 g/mol. The number of nitrogens with zero attached hydrogens (tertiary/aromatic N) is 1. The van der Waals surface area contributed by atoms with Crippen molar-refractivity contribution in [2.24, 2.45) is 0 Å². The number of benzene rings is 2. The second-order valence-corrected chi connectivity index (χ2v) is 8.71. The van der Waals surface area contributed by atoms with E-state index in [0.29, 0.717) is 29.3 Å². The van der Waals surface area contributed by atoms with Crippen LogP contribution in [0.1, 0.15) is 12.1 Å². The second-order valence-electron chi connectivity index (χ2n) is 6.17. The summed E-state index contributed by atoms with van der Waals surface area (Å²) in [6, 6.07) is 13.2. The summed E-state index contributed by atoms with van der Waals surface area (Å²) >= 11 is 1.16. The summed E-state index contributed by atoms with van der Waals surface area (Å²) in [5.74, 6) is 0.958. The van der Waals surface area contributed by atoms with E-state index in [-0.39, 0.29) is 22.4 Å². The van der Waals surface area contributed by atoms with Crippen LogP contribution in [0.3, 0.4) is 0 Å². The summed E-state index contributed by atoms with van der Waals surface area (Å²) in [7, 11) is -0.710. The zero-order chi connectivity index (χ0) is 21.6. The number of hydrogen-bond acceptors (Lipinski definition) is 7. The standard InChI is InChI=1S/C20H21N3O5S2/c1-27-15-8-10-16(11-9-15)30(25,26)23-20-21-14(13-29-20)7-12-19(24)22-17-5-3-4-6-18(17)28-2/h3-6,8-11,13H,7,12H2,1-2H3,(H,21,23)(H,22,24). The fourth-order valence-electron chi connectivity index (χ4n) is 2.60. The molecule has 0 aliphatic carbocycles. The monoisotopic (exact) mass is 447 g/mol. The molecule has 1 aromatic heterocycles. The summed E-state index contributed by atoms with van der Waals surface area (Å²) in [5.41, 5.74) is 1.22. The van der Waals surface area contributed by atoms with E-state index in [0.717, 1.165) is 11.3 Å². The summed E-state index contributed by atoms with van der Waals surface area (Å²) in [6.07, 6.45) is 0.578. The van der Waals surface area contributed by atoms with Crippen LogP contribution in [-0.4, -0.2) is 33.5 Å². The van der Waals surface area contributed by atoms with Crippen molar-refractivity contribution in [1.29, 1.82) is 0 Å². The van der Waals surface area contributed by atoms with Crippen molar-refractivity contribution < 1.29 is 22.7 Å². The Morgan fingerprint density at radius 1 is 1.07 bits per heavy atom. The molecule has 0 aliphatic rings. The van der Waals surface area contributed by atoms with Crippen molar-refractivity contribution in [3.8, 4) is 11.5 Å². The molecule has 158 valence electrons. The fourth-order valence-corrected chi connectivity index (χ4v) is 4.60. The van der Waals surface area contributed by atoms with Gasteiger partial charge in [0, 0.05) is 11.8 Å². The zero-order valence-corrected chi connectivity index (χ0v) is 18.0. The Kier molecular flexibility index (Phi) is 6.91. The van der Waals surface area contributed by atoms with Crippen molar-refractivity contribution in [2.75, 3.05) is 24.3 Å². The van der Waals surface area contributed by atoms with Crippen molar-refractivity contribution in [3.63, 3.8) is 0 Å². The molecule has 3 rings (SSSR count). The number of carbonyl (C=O) groups excluding carboxylic acids is 1. The first-order valence-electron chi connectivity index (χ1n) is 8.95. The highest BCUT2D eigenvalue weighted by atomic mass is 32.2. The molecule has 0 atom stereocenters. The van der Waals surface area contributed by atoms with E-state index in [1.807, 2.05) is 6.07 Å². The van der Waals surface area contributed by atoms with E-state index >= 15 is 0 Å². The van der Waals surface area contributed by atoms with Crippen molar-refractivity contribution in [1.82, 2.24) is 4.98 Å². The summed E-state index contributed by atoms with van der Waals surface area (Å²) in [6.45, 7) is 0. The Hall–Kier alpha value is -3.11. The number of aromatic nitrogens is 1. The molecule has 30 heavy (non-hydrogen) atoms. The van der Waals surface area contributed by atoms with Crippen molar-refractivity contribution in [3.05, 3.63) is 59.6 Å². The van der Waals surface area contributed by atoms with E-state index in [4.69, 9.17) is 9.47 Å². The highest BCUT2D eigenvalue weighted by Gasteiger charge is 2.16. The third-order valence-corrected chi connectivity index (χ3v) is 6.42. The van der Waals surface area contributed by atoms with Crippen LogP contribution in [0.25, 0.3) is 0 Å². The van der Waals surface area contributed by atoms with Gasteiger partial charge in [0.05, 0.1) is 30.5 Å². The number of methoxy groups -OCH3 is 2.